The zero-order valence-corrected chi connectivity index (χ0v) is 26.0. The van der Waals surface area contributed by atoms with Gasteiger partial charge in [-0.15, -0.1) is 0 Å². The lowest BCUT2D eigenvalue weighted by molar-refractivity contribution is -0.128. The molecule has 1 unspecified atom stereocenters. The molecule has 1 N–H and O–H groups in total. The predicted molar refractivity (Wildman–Crippen MR) is 162 cm³/mol. The molecule has 1 atom stereocenters. The number of nitrogens with zero attached hydrogens (tertiary/aromatic N) is 2. The van der Waals surface area contributed by atoms with Gasteiger partial charge in [0.25, 0.3) is 0 Å². The van der Waals surface area contributed by atoms with E-state index in [0.717, 1.165) is 58.4 Å². The highest BCUT2D eigenvalue weighted by atomic mass is 35.5. The van der Waals surface area contributed by atoms with Gasteiger partial charge in [-0.25, -0.2) is 8.42 Å². The van der Waals surface area contributed by atoms with Crippen LogP contribution in [0.3, 0.4) is 0 Å². The van der Waals surface area contributed by atoms with Crippen molar-refractivity contribution in [1.29, 1.82) is 0 Å². The number of hydrogen-bond acceptors (Lipinski definition) is 6. The minimum absolute atomic E-state index is 0.0257. The maximum absolute atomic E-state index is 13.1. The third-order valence-electron chi connectivity index (χ3n) is 8.18. The number of nitrogens with one attached hydrogen (secondary N) is 1. The number of ether oxygens (including phenoxy) is 2. The zero-order chi connectivity index (χ0) is 29.0. The highest BCUT2D eigenvalue weighted by Crippen LogP contribution is 2.36. The Bertz CT molecular complexity index is 1310. The van der Waals surface area contributed by atoms with Crippen molar-refractivity contribution in [3.63, 3.8) is 0 Å². The minimum Gasteiger partial charge on any atom is -0.378 e. The van der Waals surface area contributed by atoms with Crippen LogP contribution in [-0.2, 0) is 30.7 Å². The Labute approximate surface area is 257 Å². The van der Waals surface area contributed by atoms with Gasteiger partial charge in [0, 0.05) is 42.9 Å². The molecule has 12 heteroatoms. The number of anilines is 1. The maximum atomic E-state index is 13.1. The summed E-state index contributed by atoms with van der Waals surface area (Å²) in [5.74, 6) is 0.423. The van der Waals surface area contributed by atoms with E-state index in [9.17, 15) is 13.2 Å². The van der Waals surface area contributed by atoms with Gasteiger partial charge in [0.2, 0.25) is 15.9 Å². The molecular formula is C29H36Cl3N3O5S. The molecule has 2 aromatic carbocycles. The fourth-order valence-electron chi connectivity index (χ4n) is 6.04. The molecule has 1 amide bonds. The molecule has 5 rings (SSSR count). The normalized spacial score (nSPS) is 24.0. The molecule has 1 saturated carbocycles. The maximum Gasteiger partial charge on any atom is 0.246 e. The zero-order valence-electron chi connectivity index (χ0n) is 22.9. The van der Waals surface area contributed by atoms with Crippen molar-refractivity contribution in [2.75, 3.05) is 50.9 Å². The lowest BCUT2D eigenvalue weighted by atomic mass is 9.82. The van der Waals surface area contributed by atoms with Crippen LogP contribution in [0.5, 0.6) is 0 Å². The molecule has 2 heterocycles. The van der Waals surface area contributed by atoms with Gasteiger partial charge in [-0.3, -0.25) is 4.79 Å². The minimum atomic E-state index is -3.93. The van der Waals surface area contributed by atoms with Crippen LogP contribution in [0.4, 0.5) is 5.69 Å². The first-order valence-corrected chi connectivity index (χ1v) is 16.7. The Hall–Kier alpha value is -1.59. The summed E-state index contributed by atoms with van der Waals surface area (Å²) in [6.07, 6.45) is 5.14. The number of morpholine rings is 1. The van der Waals surface area contributed by atoms with Gasteiger partial charge in [0.1, 0.15) is 11.5 Å². The van der Waals surface area contributed by atoms with Gasteiger partial charge < -0.3 is 19.7 Å². The highest BCUT2D eigenvalue weighted by molar-refractivity contribution is 7.89. The first-order valence-electron chi connectivity index (χ1n) is 14.2. The van der Waals surface area contributed by atoms with Crippen molar-refractivity contribution >= 4 is 56.4 Å². The summed E-state index contributed by atoms with van der Waals surface area (Å²) in [6, 6.07) is 11.5. The van der Waals surface area contributed by atoms with E-state index < -0.39 is 10.0 Å². The molecular weight excluding hydrogens is 609 g/mol. The second kappa shape index (κ2) is 13.8. The molecule has 1 aliphatic carbocycles. The highest BCUT2D eigenvalue weighted by Gasteiger charge is 2.36. The average Bonchev–Trinajstić information content (AvgIpc) is 3.43. The van der Waals surface area contributed by atoms with E-state index in [2.05, 4.69) is 34.5 Å². The van der Waals surface area contributed by atoms with Gasteiger partial charge in [-0.05, 0) is 68.2 Å². The van der Waals surface area contributed by atoms with Gasteiger partial charge >= 0.3 is 0 Å². The summed E-state index contributed by atoms with van der Waals surface area (Å²) in [6.45, 7) is 3.68. The summed E-state index contributed by atoms with van der Waals surface area (Å²) in [5.41, 5.74) is 2.71. The number of halogens is 3. The van der Waals surface area contributed by atoms with Crippen LogP contribution in [0.15, 0.2) is 41.3 Å². The summed E-state index contributed by atoms with van der Waals surface area (Å²) in [5, 5.41) is 3.32. The number of sulfonamides is 1. The van der Waals surface area contributed by atoms with Gasteiger partial charge in [-0.1, -0.05) is 53.0 Å². The Kier molecular flexibility index (Phi) is 10.4. The molecule has 0 radical (unpaired) electrons. The van der Waals surface area contributed by atoms with Crippen LogP contribution >= 0.6 is 34.8 Å². The topological polar surface area (TPSA) is 88.2 Å². The number of rotatable bonds is 9. The molecule has 0 aromatic heterocycles. The van der Waals surface area contributed by atoms with Crippen LogP contribution in [-0.4, -0.2) is 76.8 Å². The average molecular weight is 645 g/mol. The number of benzene rings is 2. The van der Waals surface area contributed by atoms with Crippen molar-refractivity contribution in [1.82, 2.24) is 9.62 Å². The molecule has 3 fully saturated rings. The van der Waals surface area contributed by atoms with Gasteiger partial charge in [0.15, 0.2) is 0 Å². The number of amides is 1. The fourth-order valence-corrected chi connectivity index (χ4v) is 9.02. The lowest BCUT2D eigenvalue weighted by Crippen LogP contribution is -2.40. The van der Waals surface area contributed by atoms with Crippen LogP contribution in [0, 0.1) is 5.92 Å². The fraction of sp³-hybridized carbons (Fsp3) is 0.552. The second-order valence-electron chi connectivity index (χ2n) is 11.0. The summed E-state index contributed by atoms with van der Waals surface area (Å²) < 4.78 is 38.9. The first-order chi connectivity index (χ1) is 19.7. The molecule has 0 spiro atoms. The number of carbonyl (C=O) groups excluding carboxylic acids is 1. The molecule has 0 bridgehead atoms. The molecule has 2 aromatic rings. The van der Waals surface area contributed by atoms with E-state index >= 15 is 0 Å². The predicted octanol–water partition coefficient (Wildman–Crippen LogP) is 5.18. The number of hydrogen-bond donors (Lipinski definition) is 1. The Balaban J connectivity index is 1.05. The molecule has 2 saturated heterocycles. The van der Waals surface area contributed by atoms with E-state index in [-0.39, 0.29) is 57.7 Å². The van der Waals surface area contributed by atoms with E-state index in [1.165, 1.54) is 27.7 Å². The van der Waals surface area contributed by atoms with E-state index in [4.69, 9.17) is 44.3 Å². The summed E-state index contributed by atoms with van der Waals surface area (Å²) in [4.78, 5) is 14.9. The Morgan fingerprint density at radius 1 is 0.976 bits per heavy atom. The smallest absolute Gasteiger partial charge is 0.246 e. The quantitative estimate of drug-likeness (QED) is 0.405. The second-order valence-corrected chi connectivity index (χ2v) is 14.1. The van der Waals surface area contributed by atoms with Crippen LogP contribution in [0.25, 0.3) is 0 Å². The van der Waals surface area contributed by atoms with Gasteiger partial charge in [-0.2, -0.15) is 4.31 Å². The summed E-state index contributed by atoms with van der Waals surface area (Å²) in [7, 11) is -3.93. The molecule has 41 heavy (non-hydrogen) atoms. The SMILES string of the molecule is O=C(COC1CCN(S(=O)(=O)c2c(Cl)cc(Cl)cc2Cl)C1)NC1CCC(Cc2ccccc2N2CCOCC2)CC1. The number of carbonyl (C=O) groups is 1. The Morgan fingerprint density at radius 3 is 2.37 bits per heavy atom. The van der Waals surface area contributed by atoms with Crippen molar-refractivity contribution in [2.24, 2.45) is 5.92 Å². The standard InChI is InChI=1S/C29H36Cl3N3O5S/c30-22-16-25(31)29(26(32)17-22)41(37,38)35-10-9-24(18-35)40-19-28(36)33-23-7-5-20(6-8-23)15-21-3-1-2-4-27(21)34-11-13-39-14-12-34/h1-4,16-17,20,23-24H,5-15,18-19H2,(H,33,36). The number of para-hydroxylation sites is 1. The van der Waals surface area contributed by atoms with E-state index in [1.54, 1.807) is 0 Å². The monoisotopic (exact) mass is 643 g/mol. The van der Waals surface area contributed by atoms with Crippen molar-refractivity contribution in [3.8, 4) is 0 Å². The van der Waals surface area contributed by atoms with E-state index in [1.807, 2.05) is 0 Å². The van der Waals surface area contributed by atoms with Crippen molar-refractivity contribution < 1.29 is 22.7 Å². The molecule has 3 aliphatic rings. The lowest BCUT2D eigenvalue weighted by Gasteiger charge is -2.33. The molecule has 8 nitrogen and oxygen atoms in total. The van der Waals surface area contributed by atoms with Gasteiger partial charge in [0.05, 0.1) is 29.4 Å². The van der Waals surface area contributed by atoms with E-state index in [0.29, 0.717) is 12.3 Å². The third-order valence-corrected chi connectivity index (χ3v) is 11.2. The van der Waals surface area contributed by atoms with Crippen LogP contribution in [0.2, 0.25) is 15.1 Å². The third kappa shape index (κ3) is 7.68. The van der Waals surface area contributed by atoms with Crippen molar-refractivity contribution in [2.45, 2.75) is 55.6 Å². The largest absolute Gasteiger partial charge is 0.378 e. The molecule has 224 valence electrons. The van der Waals surface area contributed by atoms with Crippen LogP contribution < -0.4 is 10.2 Å². The molecule has 2 aliphatic heterocycles. The van der Waals surface area contributed by atoms with Crippen LogP contribution in [0.1, 0.15) is 37.7 Å². The van der Waals surface area contributed by atoms with Crippen molar-refractivity contribution in [3.05, 3.63) is 57.0 Å². The Morgan fingerprint density at radius 2 is 1.66 bits per heavy atom. The summed E-state index contributed by atoms with van der Waals surface area (Å²) >= 11 is 18.2. The first kappa shape index (κ1) is 30.9.